The maximum Gasteiger partial charge on any atom is 0.180 e. The Morgan fingerprint density at radius 3 is 2.72 bits per heavy atom. The van der Waals surface area contributed by atoms with Gasteiger partial charge in [-0.3, -0.25) is 4.98 Å². The highest BCUT2D eigenvalue weighted by molar-refractivity contribution is 6.29. The Morgan fingerprint density at radius 1 is 1.28 bits per heavy atom. The number of aryl methyl sites for hydroxylation is 1. The minimum atomic E-state index is 0.318. The van der Waals surface area contributed by atoms with Crippen LogP contribution in [0.3, 0.4) is 0 Å². The second-order valence-corrected chi connectivity index (χ2v) is 4.85. The van der Waals surface area contributed by atoms with E-state index in [2.05, 4.69) is 35.7 Å². The summed E-state index contributed by atoms with van der Waals surface area (Å²) in [5.41, 5.74) is 2.90. The second kappa shape index (κ2) is 5.44. The highest BCUT2D eigenvalue weighted by Crippen LogP contribution is 2.23. The molecule has 0 aliphatic rings. The first-order chi connectivity index (χ1) is 8.61. The Labute approximate surface area is 112 Å². The fourth-order valence-electron chi connectivity index (χ4n) is 1.76. The van der Waals surface area contributed by atoms with Crippen molar-refractivity contribution in [2.45, 2.75) is 33.1 Å². The zero-order chi connectivity index (χ0) is 13.1. The molecule has 2 rings (SSSR count). The van der Waals surface area contributed by atoms with Gasteiger partial charge in [0.25, 0.3) is 0 Å². The van der Waals surface area contributed by atoms with E-state index >= 15 is 0 Å². The third kappa shape index (κ3) is 2.67. The van der Waals surface area contributed by atoms with Gasteiger partial charge in [0.2, 0.25) is 0 Å². The summed E-state index contributed by atoms with van der Waals surface area (Å²) < 4.78 is 0. The van der Waals surface area contributed by atoms with E-state index in [4.69, 9.17) is 11.6 Å². The molecule has 0 atom stereocenters. The molecule has 0 saturated heterocycles. The number of nitrogens with zero attached hydrogens (tertiary/aromatic N) is 3. The van der Waals surface area contributed by atoms with Gasteiger partial charge in [-0.2, -0.15) is 0 Å². The number of hydrogen-bond donors (Lipinski definition) is 0. The third-order valence-corrected chi connectivity index (χ3v) is 2.98. The number of pyridine rings is 1. The van der Waals surface area contributed by atoms with E-state index in [0.29, 0.717) is 16.9 Å². The van der Waals surface area contributed by atoms with Crippen LogP contribution >= 0.6 is 11.6 Å². The maximum atomic E-state index is 6.06. The van der Waals surface area contributed by atoms with Gasteiger partial charge in [0.15, 0.2) is 5.82 Å². The number of hydrogen-bond acceptors (Lipinski definition) is 3. The molecule has 0 aliphatic heterocycles. The van der Waals surface area contributed by atoms with Crippen LogP contribution in [-0.2, 0) is 6.42 Å². The molecular formula is C14H16ClN3. The smallest absolute Gasteiger partial charge is 0.180 e. The summed E-state index contributed by atoms with van der Waals surface area (Å²) in [5.74, 6) is 0.932. The lowest BCUT2D eigenvalue weighted by atomic mass is 10.1. The van der Waals surface area contributed by atoms with E-state index in [1.54, 1.807) is 6.20 Å². The Hall–Kier alpha value is -1.48. The fraction of sp³-hybridized carbons (Fsp3) is 0.357. The van der Waals surface area contributed by atoms with Crippen molar-refractivity contribution in [2.24, 2.45) is 0 Å². The van der Waals surface area contributed by atoms with Gasteiger partial charge >= 0.3 is 0 Å². The average Bonchev–Trinajstić information content (AvgIpc) is 2.38. The zero-order valence-electron chi connectivity index (χ0n) is 10.8. The molecule has 2 aromatic rings. The molecule has 3 nitrogen and oxygen atoms in total. The van der Waals surface area contributed by atoms with Crippen molar-refractivity contribution in [2.75, 3.05) is 0 Å². The van der Waals surface area contributed by atoms with Crippen molar-refractivity contribution in [1.82, 2.24) is 15.0 Å². The Bertz CT molecular complexity index is 552. The lowest BCUT2D eigenvalue weighted by molar-refractivity contribution is 0.815. The molecule has 0 spiro atoms. The lowest BCUT2D eigenvalue weighted by Crippen LogP contribution is -2.01. The molecule has 94 valence electrons. The summed E-state index contributed by atoms with van der Waals surface area (Å²) in [4.78, 5) is 13.2. The second-order valence-electron chi connectivity index (χ2n) is 4.46. The van der Waals surface area contributed by atoms with Crippen molar-refractivity contribution in [3.63, 3.8) is 0 Å². The number of aromatic nitrogens is 3. The maximum absolute atomic E-state index is 6.06. The van der Waals surface area contributed by atoms with E-state index in [0.717, 1.165) is 23.4 Å². The van der Waals surface area contributed by atoms with Crippen molar-refractivity contribution in [3.05, 3.63) is 40.8 Å². The first-order valence-corrected chi connectivity index (χ1v) is 6.48. The molecule has 0 fully saturated rings. The van der Waals surface area contributed by atoms with E-state index in [9.17, 15) is 0 Å². The van der Waals surface area contributed by atoms with Gasteiger partial charge in [-0.25, -0.2) is 9.97 Å². The molecule has 4 heteroatoms. The number of rotatable bonds is 3. The molecule has 2 aromatic heterocycles. The molecule has 18 heavy (non-hydrogen) atoms. The van der Waals surface area contributed by atoms with E-state index in [1.807, 2.05) is 18.2 Å². The van der Waals surface area contributed by atoms with Gasteiger partial charge in [-0.05, 0) is 30.0 Å². The Balaban J connectivity index is 2.56. The first-order valence-electron chi connectivity index (χ1n) is 6.10. The summed E-state index contributed by atoms with van der Waals surface area (Å²) in [7, 11) is 0. The first kappa shape index (κ1) is 13.0. The van der Waals surface area contributed by atoms with E-state index < -0.39 is 0 Å². The Kier molecular flexibility index (Phi) is 3.92. The monoisotopic (exact) mass is 261 g/mol. The van der Waals surface area contributed by atoms with E-state index in [-0.39, 0.29) is 0 Å². The van der Waals surface area contributed by atoms with E-state index in [1.165, 1.54) is 0 Å². The lowest BCUT2D eigenvalue weighted by Gasteiger charge is -2.09. The van der Waals surface area contributed by atoms with Gasteiger partial charge in [0.1, 0.15) is 10.8 Å². The molecule has 0 N–H and O–H groups in total. The molecular weight excluding hydrogens is 246 g/mol. The zero-order valence-corrected chi connectivity index (χ0v) is 11.6. The fourth-order valence-corrected chi connectivity index (χ4v) is 1.95. The van der Waals surface area contributed by atoms with Gasteiger partial charge < -0.3 is 0 Å². The number of halogens is 1. The van der Waals surface area contributed by atoms with Crippen molar-refractivity contribution >= 4 is 11.6 Å². The van der Waals surface area contributed by atoms with Crippen molar-refractivity contribution < 1.29 is 0 Å². The summed E-state index contributed by atoms with van der Waals surface area (Å²) in [6.07, 6.45) is 2.66. The predicted octanol–water partition coefficient (Wildman–Crippen LogP) is 3.88. The van der Waals surface area contributed by atoms with Crippen LogP contribution < -0.4 is 0 Å². The topological polar surface area (TPSA) is 38.7 Å². The summed E-state index contributed by atoms with van der Waals surface area (Å²) in [6, 6.07) is 5.78. The van der Waals surface area contributed by atoms with Crippen LogP contribution in [0.4, 0.5) is 0 Å². The van der Waals surface area contributed by atoms with Crippen LogP contribution in [0.1, 0.15) is 37.9 Å². The minimum Gasteiger partial charge on any atom is -0.253 e. The SMILES string of the molecule is CCc1cccnc1-c1nc(Cl)cc(C(C)C)n1. The highest BCUT2D eigenvalue weighted by atomic mass is 35.5. The van der Waals surface area contributed by atoms with Gasteiger partial charge in [-0.15, -0.1) is 0 Å². The molecule has 0 aliphatic carbocycles. The van der Waals surface area contributed by atoms with Crippen LogP contribution in [0.25, 0.3) is 11.5 Å². The van der Waals surface area contributed by atoms with Crippen LogP contribution in [0, 0.1) is 0 Å². The highest BCUT2D eigenvalue weighted by Gasteiger charge is 2.12. The molecule has 0 unspecified atom stereocenters. The average molecular weight is 262 g/mol. The molecule has 0 aromatic carbocycles. The van der Waals surface area contributed by atoms with Gasteiger partial charge in [0, 0.05) is 11.9 Å². The standard InChI is InChI=1S/C14H16ClN3/c1-4-10-6-5-7-16-13(10)14-17-11(9(2)3)8-12(15)18-14/h5-9H,4H2,1-3H3. The van der Waals surface area contributed by atoms with Crippen LogP contribution in [0.2, 0.25) is 5.15 Å². The molecule has 0 amide bonds. The predicted molar refractivity (Wildman–Crippen MR) is 73.7 cm³/mol. The summed E-state index contributed by atoms with van der Waals surface area (Å²) in [6.45, 7) is 6.26. The van der Waals surface area contributed by atoms with Gasteiger partial charge in [-0.1, -0.05) is 38.4 Å². The summed E-state index contributed by atoms with van der Waals surface area (Å²) >= 11 is 6.06. The minimum absolute atomic E-state index is 0.318. The van der Waals surface area contributed by atoms with Crippen molar-refractivity contribution in [3.8, 4) is 11.5 Å². The van der Waals surface area contributed by atoms with Crippen LogP contribution in [0.5, 0.6) is 0 Å². The molecule has 2 heterocycles. The largest absolute Gasteiger partial charge is 0.253 e. The summed E-state index contributed by atoms with van der Waals surface area (Å²) in [5, 5.41) is 0.469. The quantitative estimate of drug-likeness (QED) is 0.787. The third-order valence-electron chi connectivity index (χ3n) is 2.79. The molecule has 0 saturated carbocycles. The Morgan fingerprint density at radius 2 is 2.06 bits per heavy atom. The molecule has 0 radical (unpaired) electrons. The normalized spacial score (nSPS) is 10.9. The van der Waals surface area contributed by atoms with Crippen LogP contribution in [-0.4, -0.2) is 15.0 Å². The van der Waals surface area contributed by atoms with Gasteiger partial charge in [0.05, 0.1) is 0 Å². The molecule has 0 bridgehead atoms. The van der Waals surface area contributed by atoms with Crippen LogP contribution in [0.15, 0.2) is 24.4 Å². The van der Waals surface area contributed by atoms with Crippen molar-refractivity contribution in [1.29, 1.82) is 0 Å².